The van der Waals surface area contributed by atoms with E-state index >= 15 is 0 Å². The van der Waals surface area contributed by atoms with Gasteiger partial charge in [0.05, 0.1) is 12.2 Å². The molecule has 0 aliphatic heterocycles. The predicted octanol–water partition coefficient (Wildman–Crippen LogP) is 1.40. The SMILES string of the molecule is CCOCCCNC(=NCc1ccccn1)NCCn1cnnc1CC. The van der Waals surface area contributed by atoms with Crippen LogP contribution in [0.2, 0.25) is 0 Å². The summed E-state index contributed by atoms with van der Waals surface area (Å²) in [6, 6.07) is 5.85. The van der Waals surface area contributed by atoms with Gasteiger partial charge in [-0.25, -0.2) is 4.99 Å². The summed E-state index contributed by atoms with van der Waals surface area (Å²) in [5.41, 5.74) is 0.940. The summed E-state index contributed by atoms with van der Waals surface area (Å²) in [6.07, 6.45) is 5.35. The van der Waals surface area contributed by atoms with Crippen molar-refractivity contribution in [3.8, 4) is 0 Å². The van der Waals surface area contributed by atoms with Crippen molar-refractivity contribution in [2.45, 2.75) is 39.8 Å². The third-order valence-electron chi connectivity index (χ3n) is 3.74. The van der Waals surface area contributed by atoms with Gasteiger partial charge in [0.15, 0.2) is 5.96 Å². The monoisotopic (exact) mass is 359 g/mol. The Morgan fingerprint density at radius 2 is 2.12 bits per heavy atom. The second kappa shape index (κ2) is 12.0. The summed E-state index contributed by atoms with van der Waals surface area (Å²) in [6.45, 7) is 8.45. The van der Waals surface area contributed by atoms with Crippen LogP contribution in [0.1, 0.15) is 31.8 Å². The Labute approximate surface area is 155 Å². The highest BCUT2D eigenvalue weighted by Gasteiger charge is 2.03. The molecule has 8 heteroatoms. The molecule has 0 bridgehead atoms. The minimum atomic E-state index is 0.536. The lowest BCUT2D eigenvalue weighted by Crippen LogP contribution is -2.39. The number of hydrogen-bond acceptors (Lipinski definition) is 5. The molecule has 0 fully saturated rings. The zero-order valence-electron chi connectivity index (χ0n) is 15.7. The summed E-state index contributed by atoms with van der Waals surface area (Å²) >= 11 is 0. The number of aromatic nitrogens is 4. The average molecular weight is 359 g/mol. The van der Waals surface area contributed by atoms with Crippen molar-refractivity contribution in [1.82, 2.24) is 30.4 Å². The molecule has 0 saturated heterocycles. The maximum Gasteiger partial charge on any atom is 0.191 e. The lowest BCUT2D eigenvalue weighted by atomic mass is 10.3. The number of aryl methyl sites for hydroxylation is 1. The molecular formula is C18H29N7O. The molecule has 0 atom stereocenters. The summed E-state index contributed by atoms with van der Waals surface area (Å²) in [5, 5.41) is 14.8. The summed E-state index contributed by atoms with van der Waals surface area (Å²) in [5.74, 6) is 1.77. The van der Waals surface area contributed by atoms with E-state index in [2.05, 4.69) is 42.3 Å². The van der Waals surface area contributed by atoms with Crippen LogP contribution in [0, 0.1) is 0 Å². The fourth-order valence-corrected chi connectivity index (χ4v) is 2.39. The Balaban J connectivity index is 1.84. The number of aliphatic imine (C=N–C) groups is 1. The van der Waals surface area contributed by atoms with Crippen LogP contribution in [0.5, 0.6) is 0 Å². The standard InChI is InChI=1S/C18H29N7O/c1-3-17-24-23-15-25(17)12-11-21-18(20-10-7-13-26-4-2)22-14-16-8-5-6-9-19-16/h5-6,8-9,15H,3-4,7,10-14H2,1-2H3,(H2,20,21,22). The van der Waals surface area contributed by atoms with Crippen LogP contribution >= 0.6 is 0 Å². The van der Waals surface area contributed by atoms with Crippen LogP contribution in [0.15, 0.2) is 35.7 Å². The molecule has 0 aliphatic carbocycles. The molecule has 0 unspecified atom stereocenters. The fraction of sp³-hybridized carbons (Fsp3) is 0.556. The van der Waals surface area contributed by atoms with E-state index < -0.39 is 0 Å². The lowest BCUT2D eigenvalue weighted by Gasteiger charge is -2.13. The summed E-state index contributed by atoms with van der Waals surface area (Å²) in [7, 11) is 0. The van der Waals surface area contributed by atoms with Crippen molar-refractivity contribution in [3.05, 3.63) is 42.2 Å². The first-order valence-corrected chi connectivity index (χ1v) is 9.20. The fourth-order valence-electron chi connectivity index (χ4n) is 2.39. The molecule has 26 heavy (non-hydrogen) atoms. The van der Waals surface area contributed by atoms with E-state index in [9.17, 15) is 0 Å². The molecule has 2 heterocycles. The highest BCUT2D eigenvalue weighted by molar-refractivity contribution is 5.79. The van der Waals surface area contributed by atoms with Gasteiger partial charge < -0.3 is 19.9 Å². The molecule has 0 aromatic carbocycles. The largest absolute Gasteiger partial charge is 0.382 e. The zero-order valence-corrected chi connectivity index (χ0v) is 15.7. The molecular weight excluding hydrogens is 330 g/mol. The van der Waals surface area contributed by atoms with Gasteiger partial charge in [-0.05, 0) is 25.5 Å². The minimum Gasteiger partial charge on any atom is -0.382 e. The first-order valence-electron chi connectivity index (χ1n) is 9.20. The summed E-state index contributed by atoms with van der Waals surface area (Å²) in [4.78, 5) is 8.94. The number of guanidine groups is 1. The number of hydrogen-bond donors (Lipinski definition) is 2. The first-order chi connectivity index (χ1) is 12.8. The van der Waals surface area contributed by atoms with E-state index in [1.165, 1.54) is 0 Å². The molecule has 0 aliphatic rings. The van der Waals surface area contributed by atoms with E-state index in [-0.39, 0.29) is 0 Å². The molecule has 0 saturated carbocycles. The molecule has 2 aromatic rings. The zero-order chi connectivity index (χ0) is 18.5. The Morgan fingerprint density at radius 1 is 1.23 bits per heavy atom. The molecule has 0 amide bonds. The van der Waals surface area contributed by atoms with Gasteiger partial charge in [0.2, 0.25) is 0 Å². The van der Waals surface area contributed by atoms with Gasteiger partial charge in [0.1, 0.15) is 12.2 Å². The van der Waals surface area contributed by atoms with Crippen LogP contribution in [0.25, 0.3) is 0 Å². The van der Waals surface area contributed by atoms with Crippen LogP contribution in [0.3, 0.4) is 0 Å². The average Bonchev–Trinajstić information content (AvgIpc) is 3.13. The quantitative estimate of drug-likeness (QED) is 0.358. The molecule has 8 nitrogen and oxygen atoms in total. The van der Waals surface area contributed by atoms with Gasteiger partial charge in [-0.1, -0.05) is 13.0 Å². The second-order valence-electron chi connectivity index (χ2n) is 5.68. The molecule has 2 rings (SSSR count). The lowest BCUT2D eigenvalue weighted by molar-refractivity contribution is 0.145. The highest BCUT2D eigenvalue weighted by atomic mass is 16.5. The topological polar surface area (TPSA) is 89.2 Å². The molecule has 2 N–H and O–H groups in total. The third kappa shape index (κ3) is 7.18. The maximum atomic E-state index is 5.37. The van der Waals surface area contributed by atoms with Crippen molar-refractivity contribution >= 4 is 5.96 Å². The minimum absolute atomic E-state index is 0.536. The van der Waals surface area contributed by atoms with Crippen LogP contribution < -0.4 is 10.6 Å². The second-order valence-corrected chi connectivity index (χ2v) is 5.68. The number of ether oxygens (including phenoxy) is 1. The van der Waals surface area contributed by atoms with Crippen molar-refractivity contribution in [1.29, 1.82) is 0 Å². The van der Waals surface area contributed by atoms with Gasteiger partial charge in [0, 0.05) is 45.5 Å². The normalized spacial score (nSPS) is 11.5. The predicted molar refractivity (Wildman–Crippen MR) is 102 cm³/mol. The smallest absolute Gasteiger partial charge is 0.191 e. The Hall–Kier alpha value is -2.48. The molecule has 2 aromatic heterocycles. The molecule has 142 valence electrons. The maximum absolute atomic E-state index is 5.37. The number of rotatable bonds is 11. The van der Waals surface area contributed by atoms with Crippen molar-refractivity contribution in [2.75, 3.05) is 26.3 Å². The van der Waals surface area contributed by atoms with E-state index in [0.29, 0.717) is 6.54 Å². The highest BCUT2D eigenvalue weighted by Crippen LogP contribution is 1.96. The van der Waals surface area contributed by atoms with Gasteiger partial charge in [-0.3, -0.25) is 4.98 Å². The van der Waals surface area contributed by atoms with E-state index in [4.69, 9.17) is 4.74 Å². The number of pyridine rings is 1. The van der Waals surface area contributed by atoms with Crippen LogP contribution in [-0.2, 0) is 24.2 Å². The van der Waals surface area contributed by atoms with E-state index in [1.807, 2.05) is 25.1 Å². The van der Waals surface area contributed by atoms with E-state index in [0.717, 1.165) is 63.2 Å². The Kier molecular flexibility index (Phi) is 9.13. The van der Waals surface area contributed by atoms with Crippen LogP contribution in [-0.4, -0.2) is 52.0 Å². The first kappa shape index (κ1) is 19.8. The van der Waals surface area contributed by atoms with Crippen molar-refractivity contribution in [3.63, 3.8) is 0 Å². The van der Waals surface area contributed by atoms with E-state index in [1.54, 1.807) is 12.5 Å². The number of nitrogens with one attached hydrogen (secondary N) is 2. The van der Waals surface area contributed by atoms with Gasteiger partial charge in [0.25, 0.3) is 0 Å². The molecule has 0 radical (unpaired) electrons. The Bertz CT molecular complexity index is 642. The van der Waals surface area contributed by atoms with Crippen molar-refractivity contribution < 1.29 is 4.74 Å². The van der Waals surface area contributed by atoms with Gasteiger partial charge in [-0.2, -0.15) is 0 Å². The Morgan fingerprint density at radius 3 is 2.88 bits per heavy atom. The third-order valence-corrected chi connectivity index (χ3v) is 3.74. The number of nitrogens with zero attached hydrogens (tertiary/aromatic N) is 5. The molecule has 0 spiro atoms. The summed E-state index contributed by atoms with van der Waals surface area (Å²) < 4.78 is 7.43. The van der Waals surface area contributed by atoms with Gasteiger partial charge in [-0.15, -0.1) is 10.2 Å². The van der Waals surface area contributed by atoms with Crippen molar-refractivity contribution in [2.24, 2.45) is 4.99 Å². The van der Waals surface area contributed by atoms with Gasteiger partial charge >= 0.3 is 0 Å². The van der Waals surface area contributed by atoms with Crippen LogP contribution in [0.4, 0.5) is 0 Å².